The first-order valence-corrected chi connectivity index (χ1v) is 8.00. The van der Waals surface area contributed by atoms with Crippen LogP contribution in [0.25, 0.3) is 6.08 Å². The Morgan fingerprint density at radius 3 is 2.80 bits per heavy atom. The molecule has 2 aromatic carbocycles. The van der Waals surface area contributed by atoms with Crippen molar-refractivity contribution in [2.45, 2.75) is 13.3 Å². The topological polar surface area (TPSA) is 64.6 Å². The van der Waals surface area contributed by atoms with Gasteiger partial charge in [-0.25, -0.2) is 0 Å². The smallest absolute Gasteiger partial charge is 0.221 e. The molecule has 1 aliphatic heterocycles. The molecule has 0 spiro atoms. The molecular weight excluding hydrogens is 318 g/mol. The lowest BCUT2D eigenvalue weighted by atomic mass is 10.1. The number of hydrogen-bond donors (Lipinski definition) is 1. The third-order valence-corrected chi connectivity index (χ3v) is 3.94. The number of ketones is 1. The van der Waals surface area contributed by atoms with Gasteiger partial charge < -0.3 is 14.8 Å². The first-order chi connectivity index (χ1) is 12.1. The minimum atomic E-state index is -0.223. The van der Waals surface area contributed by atoms with Gasteiger partial charge in [0.15, 0.2) is 5.78 Å². The van der Waals surface area contributed by atoms with Crippen LogP contribution in [0.3, 0.4) is 0 Å². The molecule has 1 heterocycles. The van der Waals surface area contributed by atoms with Crippen molar-refractivity contribution in [3.05, 3.63) is 59.2 Å². The fourth-order valence-corrected chi connectivity index (χ4v) is 2.73. The first kappa shape index (κ1) is 16.8. The summed E-state index contributed by atoms with van der Waals surface area (Å²) >= 11 is 0. The van der Waals surface area contributed by atoms with E-state index in [1.54, 1.807) is 24.3 Å². The van der Waals surface area contributed by atoms with Crippen molar-refractivity contribution in [2.75, 3.05) is 19.0 Å². The third-order valence-electron chi connectivity index (χ3n) is 3.94. The van der Waals surface area contributed by atoms with Gasteiger partial charge in [-0.1, -0.05) is 12.1 Å². The fraction of sp³-hybridized carbons (Fsp3) is 0.200. The van der Waals surface area contributed by atoms with Gasteiger partial charge in [0.1, 0.15) is 11.5 Å². The molecular formula is C20H19NO4. The van der Waals surface area contributed by atoms with Crippen LogP contribution in [-0.2, 0) is 11.2 Å². The summed E-state index contributed by atoms with van der Waals surface area (Å²) in [6.07, 6.45) is 4.20. The van der Waals surface area contributed by atoms with Gasteiger partial charge in [0, 0.05) is 18.9 Å². The number of fused-ring (bicyclic) bond motifs is 1. The van der Waals surface area contributed by atoms with Gasteiger partial charge in [-0.2, -0.15) is 0 Å². The molecule has 3 rings (SSSR count). The van der Waals surface area contributed by atoms with Gasteiger partial charge in [-0.15, -0.1) is 0 Å². The van der Waals surface area contributed by atoms with Crippen LogP contribution in [0, 0.1) is 0 Å². The van der Waals surface area contributed by atoms with Crippen LogP contribution >= 0.6 is 0 Å². The standard InChI is InChI=1S/C20H19NO4/c1-13(22)21-17-12-15(5-8-20(17)24-2)18(23)6-3-14-4-7-19-16(11-14)9-10-25-19/h3-8,11-12H,9-10H2,1-2H3,(H,21,22)/b6-3-. The molecule has 0 saturated carbocycles. The van der Waals surface area contributed by atoms with Crippen LogP contribution in [0.15, 0.2) is 42.5 Å². The lowest BCUT2D eigenvalue weighted by molar-refractivity contribution is -0.114. The SMILES string of the molecule is COc1ccc(C(=O)/C=C\c2ccc3c(c2)CCO3)cc1NC(C)=O. The summed E-state index contributed by atoms with van der Waals surface area (Å²) < 4.78 is 10.7. The monoisotopic (exact) mass is 337 g/mol. The van der Waals surface area contributed by atoms with Crippen LogP contribution in [0.5, 0.6) is 11.5 Å². The molecule has 0 atom stereocenters. The number of carbonyl (C=O) groups excluding carboxylic acids is 2. The van der Waals surface area contributed by atoms with Crippen molar-refractivity contribution < 1.29 is 19.1 Å². The zero-order chi connectivity index (χ0) is 17.8. The third kappa shape index (κ3) is 3.88. The molecule has 0 aliphatic carbocycles. The van der Waals surface area contributed by atoms with Crippen LogP contribution in [0.1, 0.15) is 28.4 Å². The van der Waals surface area contributed by atoms with E-state index in [2.05, 4.69) is 5.32 Å². The highest BCUT2D eigenvalue weighted by molar-refractivity contribution is 6.08. The zero-order valence-electron chi connectivity index (χ0n) is 14.2. The molecule has 25 heavy (non-hydrogen) atoms. The molecule has 0 unspecified atom stereocenters. The van der Waals surface area contributed by atoms with E-state index in [4.69, 9.17) is 9.47 Å². The summed E-state index contributed by atoms with van der Waals surface area (Å²) in [6.45, 7) is 2.12. The van der Waals surface area contributed by atoms with Crippen molar-refractivity contribution in [1.29, 1.82) is 0 Å². The molecule has 0 bridgehead atoms. The number of methoxy groups -OCH3 is 1. The van der Waals surface area contributed by atoms with E-state index in [1.165, 1.54) is 20.1 Å². The Hall–Kier alpha value is -3.08. The van der Waals surface area contributed by atoms with E-state index in [9.17, 15) is 9.59 Å². The van der Waals surface area contributed by atoms with Crippen molar-refractivity contribution in [2.24, 2.45) is 0 Å². The molecule has 5 nitrogen and oxygen atoms in total. The van der Waals surface area contributed by atoms with Crippen LogP contribution < -0.4 is 14.8 Å². The molecule has 0 fully saturated rings. The van der Waals surface area contributed by atoms with Crippen LogP contribution in [0.4, 0.5) is 5.69 Å². The number of hydrogen-bond acceptors (Lipinski definition) is 4. The quantitative estimate of drug-likeness (QED) is 0.670. The van der Waals surface area contributed by atoms with Crippen molar-refractivity contribution >= 4 is 23.5 Å². The summed E-state index contributed by atoms with van der Waals surface area (Å²) in [4.78, 5) is 23.7. The Balaban J connectivity index is 1.79. The Bertz CT molecular complexity index is 855. The largest absolute Gasteiger partial charge is 0.495 e. The van der Waals surface area contributed by atoms with Gasteiger partial charge in [-0.05, 0) is 47.5 Å². The molecule has 2 aromatic rings. The molecule has 128 valence electrons. The average molecular weight is 337 g/mol. The van der Waals surface area contributed by atoms with E-state index in [-0.39, 0.29) is 11.7 Å². The molecule has 5 heteroatoms. The van der Waals surface area contributed by atoms with E-state index < -0.39 is 0 Å². The highest BCUT2D eigenvalue weighted by atomic mass is 16.5. The predicted molar refractivity (Wildman–Crippen MR) is 96.3 cm³/mol. The van der Waals surface area contributed by atoms with Crippen molar-refractivity contribution in [3.8, 4) is 11.5 Å². The van der Waals surface area contributed by atoms with Gasteiger partial charge in [0.25, 0.3) is 0 Å². The predicted octanol–water partition coefficient (Wildman–Crippen LogP) is 3.48. The number of ether oxygens (including phenoxy) is 2. The second-order valence-corrected chi connectivity index (χ2v) is 5.76. The maximum Gasteiger partial charge on any atom is 0.221 e. The lowest BCUT2D eigenvalue weighted by Crippen LogP contribution is -2.08. The van der Waals surface area contributed by atoms with Gasteiger partial charge >= 0.3 is 0 Å². The van der Waals surface area contributed by atoms with Gasteiger partial charge in [0.2, 0.25) is 5.91 Å². The van der Waals surface area contributed by atoms with Crippen LogP contribution in [0.2, 0.25) is 0 Å². The summed E-state index contributed by atoms with van der Waals surface area (Å²) in [5.74, 6) is 1.05. The number of rotatable bonds is 5. The minimum Gasteiger partial charge on any atom is -0.495 e. The Morgan fingerprint density at radius 1 is 1.20 bits per heavy atom. The molecule has 0 saturated heterocycles. The molecule has 1 aliphatic rings. The Labute approximate surface area is 146 Å². The second kappa shape index (κ2) is 7.21. The van der Waals surface area contributed by atoms with Crippen LogP contribution in [-0.4, -0.2) is 25.4 Å². The average Bonchev–Trinajstić information content (AvgIpc) is 3.06. The fourth-order valence-electron chi connectivity index (χ4n) is 2.73. The summed E-state index contributed by atoms with van der Waals surface area (Å²) in [6, 6.07) is 10.8. The van der Waals surface area contributed by atoms with E-state index in [0.29, 0.717) is 23.6 Å². The number of benzene rings is 2. The Kier molecular flexibility index (Phi) is 4.84. The minimum absolute atomic E-state index is 0.147. The first-order valence-electron chi connectivity index (χ1n) is 8.00. The number of nitrogens with one attached hydrogen (secondary N) is 1. The van der Waals surface area contributed by atoms with Crippen molar-refractivity contribution in [1.82, 2.24) is 0 Å². The van der Waals surface area contributed by atoms with Gasteiger partial charge in [-0.3, -0.25) is 9.59 Å². The number of amides is 1. The maximum absolute atomic E-state index is 12.4. The molecule has 0 radical (unpaired) electrons. The zero-order valence-corrected chi connectivity index (χ0v) is 14.2. The number of allylic oxidation sites excluding steroid dienone is 1. The highest BCUT2D eigenvalue weighted by Gasteiger charge is 2.12. The van der Waals surface area contributed by atoms with Crippen molar-refractivity contribution in [3.63, 3.8) is 0 Å². The Morgan fingerprint density at radius 2 is 2.04 bits per heavy atom. The molecule has 1 amide bonds. The summed E-state index contributed by atoms with van der Waals surface area (Å²) in [5, 5.41) is 2.67. The molecule has 0 aromatic heterocycles. The lowest BCUT2D eigenvalue weighted by Gasteiger charge is -2.09. The summed E-state index contributed by atoms with van der Waals surface area (Å²) in [7, 11) is 1.51. The van der Waals surface area contributed by atoms with E-state index >= 15 is 0 Å². The van der Waals surface area contributed by atoms with E-state index in [0.717, 1.165) is 23.3 Å². The summed E-state index contributed by atoms with van der Waals surface area (Å²) in [5.41, 5.74) is 3.06. The second-order valence-electron chi connectivity index (χ2n) is 5.76. The number of carbonyl (C=O) groups is 2. The number of anilines is 1. The van der Waals surface area contributed by atoms with E-state index in [1.807, 2.05) is 18.2 Å². The highest BCUT2D eigenvalue weighted by Crippen LogP contribution is 2.27. The normalized spacial score (nSPS) is 12.6. The maximum atomic E-state index is 12.4. The molecule has 1 N–H and O–H groups in total. The van der Waals surface area contributed by atoms with Gasteiger partial charge in [0.05, 0.1) is 19.4 Å².